The second-order valence-corrected chi connectivity index (χ2v) is 7.49. The van der Waals surface area contributed by atoms with Gasteiger partial charge < -0.3 is 15.4 Å². The lowest BCUT2D eigenvalue weighted by Gasteiger charge is -2.10. The molecular formula is C21H22N6OS. The van der Waals surface area contributed by atoms with E-state index in [0.717, 1.165) is 23.2 Å². The zero-order chi connectivity index (χ0) is 20.1. The Morgan fingerprint density at radius 3 is 2.66 bits per heavy atom. The van der Waals surface area contributed by atoms with E-state index in [2.05, 4.69) is 50.1 Å². The van der Waals surface area contributed by atoms with Crippen LogP contribution in [-0.2, 0) is 13.1 Å². The molecule has 2 N–H and O–H groups in total. The third-order valence-corrected chi connectivity index (χ3v) is 5.62. The number of aromatic nitrogens is 3. The van der Waals surface area contributed by atoms with Crippen molar-refractivity contribution in [1.82, 2.24) is 25.2 Å². The van der Waals surface area contributed by atoms with Gasteiger partial charge in [0.25, 0.3) is 0 Å². The molecule has 8 heteroatoms. The molecule has 0 radical (unpaired) electrons. The van der Waals surface area contributed by atoms with Crippen molar-refractivity contribution in [3.8, 4) is 16.2 Å². The quantitative estimate of drug-likeness (QED) is 0.379. The molecule has 0 bridgehead atoms. The first-order valence-electron chi connectivity index (χ1n) is 9.23. The molecule has 0 saturated carbocycles. The monoisotopic (exact) mass is 406 g/mol. The molecule has 0 fully saturated rings. The lowest BCUT2D eigenvalue weighted by Crippen LogP contribution is -2.36. The fraction of sp³-hybridized carbons (Fsp3) is 0.190. The Morgan fingerprint density at radius 1 is 1.03 bits per heavy atom. The van der Waals surface area contributed by atoms with Gasteiger partial charge in [0.15, 0.2) is 17.4 Å². The molecule has 0 aliphatic heterocycles. The van der Waals surface area contributed by atoms with Gasteiger partial charge in [-0.25, -0.2) is 0 Å². The molecule has 0 atom stereocenters. The molecule has 0 spiro atoms. The van der Waals surface area contributed by atoms with Crippen LogP contribution in [0.3, 0.4) is 0 Å². The van der Waals surface area contributed by atoms with Crippen molar-refractivity contribution >= 4 is 22.9 Å². The number of hydrogen-bond acceptors (Lipinski definition) is 5. The fourth-order valence-corrected chi connectivity index (χ4v) is 3.90. The first kappa shape index (κ1) is 18.9. The van der Waals surface area contributed by atoms with Crippen LogP contribution in [0.15, 0.2) is 65.8 Å². The van der Waals surface area contributed by atoms with E-state index in [9.17, 15) is 0 Å². The van der Waals surface area contributed by atoms with Gasteiger partial charge in [-0.1, -0.05) is 6.07 Å². The maximum atomic E-state index is 5.22. The van der Waals surface area contributed by atoms with Gasteiger partial charge in [-0.2, -0.15) is 0 Å². The van der Waals surface area contributed by atoms with Crippen molar-refractivity contribution in [3.05, 3.63) is 71.5 Å². The highest BCUT2D eigenvalue weighted by molar-refractivity contribution is 7.15. The second-order valence-electron chi connectivity index (χ2n) is 6.32. The number of benzene rings is 1. The summed E-state index contributed by atoms with van der Waals surface area (Å²) in [7, 11) is 3.44. The van der Waals surface area contributed by atoms with Crippen molar-refractivity contribution in [2.45, 2.75) is 13.1 Å². The van der Waals surface area contributed by atoms with Crippen LogP contribution < -0.4 is 15.4 Å². The van der Waals surface area contributed by atoms with Crippen LogP contribution >= 0.6 is 11.3 Å². The van der Waals surface area contributed by atoms with Gasteiger partial charge in [0.05, 0.1) is 20.2 Å². The number of nitrogens with one attached hydrogen (secondary N) is 2. The molecular weight excluding hydrogens is 384 g/mol. The molecule has 0 amide bonds. The van der Waals surface area contributed by atoms with Gasteiger partial charge in [0.1, 0.15) is 5.75 Å². The summed E-state index contributed by atoms with van der Waals surface area (Å²) in [5.41, 5.74) is 2.01. The number of thiophene rings is 1. The Morgan fingerprint density at radius 2 is 1.86 bits per heavy atom. The van der Waals surface area contributed by atoms with Crippen molar-refractivity contribution in [3.63, 3.8) is 0 Å². The van der Waals surface area contributed by atoms with E-state index in [1.165, 1.54) is 15.3 Å². The number of hydrogen-bond donors (Lipinski definition) is 2. The average molecular weight is 407 g/mol. The van der Waals surface area contributed by atoms with Crippen molar-refractivity contribution in [2.24, 2.45) is 4.99 Å². The summed E-state index contributed by atoms with van der Waals surface area (Å²) < 4.78 is 7.18. The van der Waals surface area contributed by atoms with Gasteiger partial charge >= 0.3 is 0 Å². The average Bonchev–Trinajstić information content (AvgIpc) is 3.41. The number of nitrogens with zero attached hydrogens (tertiary/aromatic N) is 4. The van der Waals surface area contributed by atoms with E-state index >= 15 is 0 Å². The third kappa shape index (κ3) is 4.38. The summed E-state index contributed by atoms with van der Waals surface area (Å²) in [6.07, 6.45) is 1.95. The van der Waals surface area contributed by atoms with Gasteiger partial charge in [0, 0.05) is 23.0 Å². The molecule has 3 heterocycles. The Hall–Kier alpha value is -3.39. The fourth-order valence-electron chi connectivity index (χ4n) is 2.95. The maximum absolute atomic E-state index is 5.22. The minimum absolute atomic E-state index is 0.534. The Kier molecular flexibility index (Phi) is 5.71. The van der Waals surface area contributed by atoms with Crippen LogP contribution in [0.2, 0.25) is 0 Å². The van der Waals surface area contributed by atoms with Crippen LogP contribution in [0.1, 0.15) is 10.7 Å². The molecule has 4 aromatic rings. The SMILES string of the molecule is CN=C(NCc1ccc(-c2ccc(OC)cc2)s1)NCc1nnc2ccccn12. The van der Waals surface area contributed by atoms with Gasteiger partial charge in [-0.3, -0.25) is 9.39 Å². The summed E-state index contributed by atoms with van der Waals surface area (Å²) in [5, 5.41) is 15.0. The standard InChI is InChI=1S/C21H22N6OS/c1-22-21(24-14-20-26-25-19-5-3-4-12-27(19)20)23-13-17-10-11-18(29-17)15-6-8-16(28-2)9-7-15/h3-12H,13-14H2,1-2H3,(H2,22,23,24). The highest BCUT2D eigenvalue weighted by Gasteiger charge is 2.07. The molecule has 4 rings (SSSR count). The van der Waals surface area contributed by atoms with E-state index in [-0.39, 0.29) is 0 Å². The van der Waals surface area contributed by atoms with E-state index in [1.54, 1.807) is 25.5 Å². The summed E-state index contributed by atoms with van der Waals surface area (Å²) in [6, 6.07) is 18.2. The maximum Gasteiger partial charge on any atom is 0.191 e. The molecule has 0 aliphatic rings. The molecule has 0 unspecified atom stereocenters. The lowest BCUT2D eigenvalue weighted by atomic mass is 10.2. The number of methoxy groups -OCH3 is 1. The number of aliphatic imine (C=N–C) groups is 1. The second kappa shape index (κ2) is 8.74. The number of rotatable bonds is 6. The normalized spacial score (nSPS) is 11.6. The smallest absolute Gasteiger partial charge is 0.191 e. The van der Waals surface area contributed by atoms with Gasteiger partial charge in [0.2, 0.25) is 0 Å². The molecule has 29 heavy (non-hydrogen) atoms. The highest BCUT2D eigenvalue weighted by atomic mass is 32.1. The third-order valence-electron chi connectivity index (χ3n) is 4.49. The summed E-state index contributed by atoms with van der Waals surface area (Å²) in [4.78, 5) is 6.75. The Balaban J connectivity index is 1.34. The largest absolute Gasteiger partial charge is 0.497 e. The number of pyridine rings is 1. The summed E-state index contributed by atoms with van der Waals surface area (Å²) in [5.74, 6) is 2.42. The molecule has 148 valence electrons. The van der Waals surface area contributed by atoms with Crippen LogP contribution in [-0.4, -0.2) is 34.7 Å². The van der Waals surface area contributed by atoms with E-state index in [0.29, 0.717) is 13.1 Å². The van der Waals surface area contributed by atoms with E-state index in [1.807, 2.05) is 40.9 Å². The Bertz CT molecular complexity index is 1120. The topological polar surface area (TPSA) is 75.8 Å². The van der Waals surface area contributed by atoms with Crippen LogP contribution in [0.25, 0.3) is 16.1 Å². The molecule has 1 aromatic carbocycles. The van der Waals surface area contributed by atoms with Crippen molar-refractivity contribution in [2.75, 3.05) is 14.2 Å². The number of fused-ring (bicyclic) bond motifs is 1. The van der Waals surface area contributed by atoms with Crippen molar-refractivity contribution in [1.29, 1.82) is 0 Å². The van der Waals surface area contributed by atoms with E-state index in [4.69, 9.17) is 4.74 Å². The molecule has 0 saturated heterocycles. The van der Waals surface area contributed by atoms with Crippen molar-refractivity contribution < 1.29 is 4.74 Å². The van der Waals surface area contributed by atoms with E-state index < -0.39 is 0 Å². The van der Waals surface area contributed by atoms with Gasteiger partial charge in [-0.05, 0) is 54.1 Å². The predicted octanol–water partition coefficient (Wildman–Crippen LogP) is 3.33. The number of guanidine groups is 1. The zero-order valence-electron chi connectivity index (χ0n) is 16.3. The van der Waals surface area contributed by atoms with Crippen LogP contribution in [0, 0.1) is 0 Å². The summed E-state index contributed by atoms with van der Waals surface area (Å²) in [6.45, 7) is 1.23. The van der Waals surface area contributed by atoms with Crippen LogP contribution in [0.4, 0.5) is 0 Å². The minimum atomic E-state index is 0.534. The zero-order valence-corrected chi connectivity index (χ0v) is 17.1. The highest BCUT2D eigenvalue weighted by Crippen LogP contribution is 2.29. The van der Waals surface area contributed by atoms with Gasteiger partial charge in [-0.15, -0.1) is 21.5 Å². The van der Waals surface area contributed by atoms with Crippen LogP contribution in [0.5, 0.6) is 5.75 Å². The first-order chi connectivity index (χ1) is 14.3. The first-order valence-corrected chi connectivity index (χ1v) is 10.0. The molecule has 0 aliphatic carbocycles. The predicted molar refractivity (Wildman–Crippen MR) is 116 cm³/mol. The Labute approximate surface area is 173 Å². The minimum Gasteiger partial charge on any atom is -0.497 e. The summed E-state index contributed by atoms with van der Waals surface area (Å²) >= 11 is 1.76. The number of ether oxygens (including phenoxy) is 1. The molecule has 3 aromatic heterocycles. The lowest BCUT2D eigenvalue weighted by molar-refractivity contribution is 0.415. The molecule has 7 nitrogen and oxygen atoms in total.